The Morgan fingerprint density at radius 3 is 2.13 bits per heavy atom. The summed E-state index contributed by atoms with van der Waals surface area (Å²) >= 11 is 0. The molecule has 2 rings (SSSR count). The highest BCUT2D eigenvalue weighted by Crippen LogP contribution is 2.03. The largest absolute Gasteiger partial charge is 0.445 e. The summed E-state index contributed by atoms with van der Waals surface area (Å²) in [6.07, 6.45) is -0.602. The van der Waals surface area contributed by atoms with Crippen molar-refractivity contribution in [3.05, 3.63) is 71.8 Å². The van der Waals surface area contributed by atoms with Crippen LogP contribution in [0.2, 0.25) is 0 Å². The van der Waals surface area contributed by atoms with Crippen molar-refractivity contribution in [1.82, 2.24) is 10.2 Å². The van der Waals surface area contributed by atoms with Gasteiger partial charge in [0, 0.05) is 13.6 Å². The van der Waals surface area contributed by atoms with Crippen molar-refractivity contribution >= 4 is 12.0 Å². The van der Waals surface area contributed by atoms with Crippen LogP contribution in [-0.2, 0) is 22.7 Å². The van der Waals surface area contributed by atoms with Gasteiger partial charge in [-0.05, 0) is 11.1 Å². The molecule has 0 aliphatic carbocycles. The van der Waals surface area contributed by atoms with E-state index in [1.54, 1.807) is 11.9 Å². The van der Waals surface area contributed by atoms with Crippen LogP contribution in [0.5, 0.6) is 0 Å². The van der Waals surface area contributed by atoms with Crippen molar-refractivity contribution in [3.8, 4) is 0 Å². The highest BCUT2D eigenvalue weighted by molar-refractivity contribution is 5.82. The average molecular weight is 312 g/mol. The number of nitrogens with one attached hydrogen (secondary N) is 1. The molecule has 5 nitrogen and oxygen atoms in total. The molecule has 23 heavy (non-hydrogen) atoms. The molecule has 0 unspecified atom stereocenters. The van der Waals surface area contributed by atoms with Crippen molar-refractivity contribution < 1.29 is 14.3 Å². The fourth-order valence-corrected chi connectivity index (χ4v) is 2.00. The molecule has 0 fully saturated rings. The zero-order chi connectivity index (χ0) is 16.5. The molecule has 0 saturated heterocycles. The van der Waals surface area contributed by atoms with Gasteiger partial charge in [-0.1, -0.05) is 60.7 Å². The monoisotopic (exact) mass is 312 g/mol. The Balaban J connectivity index is 1.70. The lowest BCUT2D eigenvalue weighted by atomic mass is 10.2. The number of ether oxygens (including phenoxy) is 1. The summed E-state index contributed by atoms with van der Waals surface area (Å²) in [5.41, 5.74) is 1.94. The molecule has 0 aromatic heterocycles. The van der Waals surface area contributed by atoms with E-state index < -0.39 is 6.09 Å². The molecule has 1 N–H and O–H groups in total. The topological polar surface area (TPSA) is 58.6 Å². The van der Waals surface area contributed by atoms with Gasteiger partial charge in [0.15, 0.2) is 0 Å². The van der Waals surface area contributed by atoms with Gasteiger partial charge in [0.1, 0.15) is 13.2 Å². The summed E-state index contributed by atoms with van der Waals surface area (Å²) in [5, 5.41) is 2.47. The third-order valence-electron chi connectivity index (χ3n) is 3.29. The van der Waals surface area contributed by atoms with E-state index in [1.165, 1.54) is 0 Å². The highest BCUT2D eigenvalue weighted by atomic mass is 16.5. The van der Waals surface area contributed by atoms with E-state index in [2.05, 4.69) is 5.32 Å². The maximum Gasteiger partial charge on any atom is 0.407 e. The minimum absolute atomic E-state index is 0.0864. The summed E-state index contributed by atoms with van der Waals surface area (Å²) in [4.78, 5) is 25.1. The van der Waals surface area contributed by atoms with E-state index in [4.69, 9.17) is 4.74 Å². The number of benzene rings is 2. The fourth-order valence-electron chi connectivity index (χ4n) is 2.00. The molecule has 0 heterocycles. The molecule has 0 aliphatic heterocycles. The van der Waals surface area contributed by atoms with Gasteiger partial charge in [-0.2, -0.15) is 0 Å². The van der Waals surface area contributed by atoms with Crippen LogP contribution in [0.1, 0.15) is 11.1 Å². The van der Waals surface area contributed by atoms with Gasteiger partial charge in [0.25, 0.3) is 0 Å². The molecule has 0 spiro atoms. The first-order valence-corrected chi connectivity index (χ1v) is 7.37. The summed E-state index contributed by atoms with van der Waals surface area (Å²) in [6, 6.07) is 19.0. The van der Waals surface area contributed by atoms with Crippen LogP contribution in [0.25, 0.3) is 0 Å². The Labute approximate surface area is 135 Å². The SMILES string of the molecule is CN(Cc1ccccc1)C(=O)CNC(=O)OCc1ccccc1. The molecule has 0 radical (unpaired) electrons. The van der Waals surface area contributed by atoms with E-state index >= 15 is 0 Å². The number of likely N-dealkylation sites (N-methyl/N-ethyl adjacent to an activating group) is 1. The van der Waals surface area contributed by atoms with E-state index in [9.17, 15) is 9.59 Å². The normalized spacial score (nSPS) is 9.96. The van der Waals surface area contributed by atoms with Crippen molar-refractivity contribution in [1.29, 1.82) is 0 Å². The van der Waals surface area contributed by atoms with Gasteiger partial charge in [-0.25, -0.2) is 4.79 Å². The first-order valence-electron chi connectivity index (χ1n) is 7.37. The van der Waals surface area contributed by atoms with Gasteiger partial charge in [-0.15, -0.1) is 0 Å². The van der Waals surface area contributed by atoms with Crippen LogP contribution in [0, 0.1) is 0 Å². The predicted molar refractivity (Wildman–Crippen MR) is 87.5 cm³/mol. The lowest BCUT2D eigenvalue weighted by molar-refractivity contribution is -0.129. The van der Waals surface area contributed by atoms with Crippen LogP contribution in [0.15, 0.2) is 60.7 Å². The van der Waals surface area contributed by atoms with Crippen molar-refractivity contribution in [2.45, 2.75) is 13.2 Å². The lowest BCUT2D eigenvalue weighted by Gasteiger charge is -2.17. The second kappa shape index (κ2) is 8.58. The summed E-state index contributed by atoms with van der Waals surface area (Å²) < 4.78 is 5.06. The molecule has 2 aromatic rings. The Kier molecular flexibility index (Phi) is 6.17. The Hall–Kier alpha value is -2.82. The van der Waals surface area contributed by atoms with Crippen LogP contribution in [0.3, 0.4) is 0 Å². The molecule has 2 aromatic carbocycles. The van der Waals surface area contributed by atoms with Crippen LogP contribution < -0.4 is 5.32 Å². The maximum absolute atomic E-state index is 12.0. The molecule has 0 aliphatic rings. The van der Waals surface area contributed by atoms with Crippen molar-refractivity contribution in [2.24, 2.45) is 0 Å². The van der Waals surface area contributed by atoms with Crippen LogP contribution in [-0.4, -0.2) is 30.5 Å². The number of alkyl carbamates (subject to hydrolysis) is 1. The van der Waals surface area contributed by atoms with Gasteiger partial charge >= 0.3 is 6.09 Å². The zero-order valence-corrected chi connectivity index (χ0v) is 13.1. The smallest absolute Gasteiger partial charge is 0.407 e. The molecule has 5 heteroatoms. The quantitative estimate of drug-likeness (QED) is 0.892. The minimum Gasteiger partial charge on any atom is -0.445 e. The number of nitrogens with zero attached hydrogens (tertiary/aromatic N) is 1. The summed E-state index contributed by atoms with van der Waals surface area (Å²) in [6.45, 7) is 0.595. The second-order valence-corrected chi connectivity index (χ2v) is 5.15. The van der Waals surface area contributed by atoms with E-state index in [-0.39, 0.29) is 19.1 Å². The molecule has 120 valence electrons. The summed E-state index contributed by atoms with van der Waals surface area (Å²) in [7, 11) is 1.70. The average Bonchev–Trinajstić information content (AvgIpc) is 2.59. The first kappa shape index (κ1) is 16.5. The van der Waals surface area contributed by atoms with Crippen molar-refractivity contribution in [2.75, 3.05) is 13.6 Å². The minimum atomic E-state index is -0.602. The van der Waals surface area contributed by atoms with Crippen molar-refractivity contribution in [3.63, 3.8) is 0 Å². The number of rotatable bonds is 6. The number of amides is 2. The predicted octanol–water partition coefficient (Wildman–Crippen LogP) is 2.57. The number of hydrogen-bond donors (Lipinski definition) is 1. The lowest BCUT2D eigenvalue weighted by Crippen LogP contribution is -2.38. The van der Waals surface area contributed by atoms with Gasteiger partial charge in [0.05, 0.1) is 0 Å². The number of carbonyl (C=O) groups excluding carboxylic acids is 2. The van der Waals surface area contributed by atoms with Gasteiger partial charge in [0.2, 0.25) is 5.91 Å². The van der Waals surface area contributed by atoms with Gasteiger partial charge < -0.3 is 15.0 Å². The maximum atomic E-state index is 12.0. The van der Waals surface area contributed by atoms with E-state index in [0.717, 1.165) is 11.1 Å². The van der Waals surface area contributed by atoms with E-state index in [1.807, 2.05) is 60.7 Å². The first-order chi connectivity index (χ1) is 11.1. The van der Waals surface area contributed by atoms with Gasteiger partial charge in [-0.3, -0.25) is 4.79 Å². The van der Waals surface area contributed by atoms with Crippen LogP contribution in [0.4, 0.5) is 4.79 Å². The van der Waals surface area contributed by atoms with E-state index in [0.29, 0.717) is 6.54 Å². The molecule has 2 amide bonds. The second-order valence-electron chi connectivity index (χ2n) is 5.15. The Bertz CT molecular complexity index is 629. The summed E-state index contributed by atoms with van der Waals surface area (Å²) in [5.74, 6) is -0.175. The molecular weight excluding hydrogens is 292 g/mol. The fraction of sp³-hybridized carbons (Fsp3) is 0.222. The molecular formula is C18H20N2O3. The number of carbonyl (C=O) groups is 2. The Morgan fingerprint density at radius 2 is 1.52 bits per heavy atom. The van der Waals surface area contributed by atoms with Crippen LogP contribution >= 0.6 is 0 Å². The third-order valence-corrected chi connectivity index (χ3v) is 3.29. The zero-order valence-electron chi connectivity index (χ0n) is 13.1. The molecule has 0 atom stereocenters. The molecule has 0 saturated carbocycles. The molecule has 0 bridgehead atoms. The number of hydrogen-bond acceptors (Lipinski definition) is 3. The highest BCUT2D eigenvalue weighted by Gasteiger charge is 2.11. The Morgan fingerprint density at radius 1 is 0.957 bits per heavy atom. The third kappa shape index (κ3) is 5.82. The standard InChI is InChI=1S/C18H20N2O3/c1-20(13-15-8-4-2-5-9-15)17(21)12-19-18(22)23-14-16-10-6-3-7-11-16/h2-11H,12-14H2,1H3,(H,19,22).